The Morgan fingerprint density at radius 2 is 1.90 bits per heavy atom. The Bertz CT molecular complexity index is 91.6. The summed E-state index contributed by atoms with van der Waals surface area (Å²) in [6.07, 6.45) is 6.08. The van der Waals surface area contributed by atoms with Crippen LogP contribution in [0, 0.1) is 0 Å². The zero-order valence-corrected chi connectivity index (χ0v) is 6.51. The number of hydrogen-bond donors (Lipinski definition) is 2. The van der Waals surface area contributed by atoms with Crippen molar-refractivity contribution in [2.24, 2.45) is 0 Å². The molecular weight excluding hydrogens is 128 g/mol. The molecule has 0 amide bonds. The van der Waals surface area contributed by atoms with Gasteiger partial charge in [-0.1, -0.05) is 19.3 Å². The van der Waals surface area contributed by atoms with E-state index in [0.29, 0.717) is 6.04 Å². The maximum absolute atomic E-state index is 9.20. The van der Waals surface area contributed by atoms with Crippen LogP contribution in [0.4, 0.5) is 0 Å². The van der Waals surface area contributed by atoms with Gasteiger partial charge in [-0.25, -0.2) is 5.43 Å². The molecule has 0 saturated heterocycles. The number of hydroxylamine groups is 1. The highest BCUT2D eigenvalue weighted by molar-refractivity contribution is 4.68. The standard InChI is InChI=1S/C7H16N2O/c1-8-9(10)7-5-3-2-4-6-7/h7-8,10H,2-6H2,1H3. The maximum atomic E-state index is 9.20. The molecule has 0 heterocycles. The van der Waals surface area contributed by atoms with Gasteiger partial charge in [0.05, 0.1) is 6.04 Å². The lowest BCUT2D eigenvalue weighted by atomic mass is 9.96. The third kappa shape index (κ3) is 1.94. The predicted octanol–water partition coefficient (Wildman–Crippen LogP) is 1.14. The molecule has 1 saturated carbocycles. The second-order valence-corrected chi connectivity index (χ2v) is 2.86. The molecule has 0 aromatic heterocycles. The van der Waals surface area contributed by atoms with E-state index in [4.69, 9.17) is 0 Å². The zero-order valence-electron chi connectivity index (χ0n) is 6.51. The van der Waals surface area contributed by atoms with Crippen LogP contribution in [-0.2, 0) is 0 Å². The monoisotopic (exact) mass is 144 g/mol. The minimum Gasteiger partial charge on any atom is -0.299 e. The summed E-state index contributed by atoms with van der Waals surface area (Å²) in [5, 5.41) is 10.4. The Morgan fingerprint density at radius 3 is 2.40 bits per heavy atom. The quantitative estimate of drug-likeness (QED) is 0.570. The summed E-state index contributed by atoms with van der Waals surface area (Å²) in [6.45, 7) is 0. The van der Waals surface area contributed by atoms with E-state index in [-0.39, 0.29) is 0 Å². The zero-order chi connectivity index (χ0) is 7.40. The fraction of sp³-hybridized carbons (Fsp3) is 1.00. The second kappa shape index (κ2) is 3.91. The fourth-order valence-electron chi connectivity index (χ4n) is 1.51. The van der Waals surface area contributed by atoms with Crippen molar-refractivity contribution in [1.82, 2.24) is 10.6 Å². The molecule has 2 N–H and O–H groups in total. The minimum absolute atomic E-state index is 0.346. The van der Waals surface area contributed by atoms with Crippen LogP contribution in [0.3, 0.4) is 0 Å². The molecule has 10 heavy (non-hydrogen) atoms. The molecule has 1 aliphatic rings. The van der Waals surface area contributed by atoms with Gasteiger partial charge >= 0.3 is 0 Å². The normalized spacial score (nSPS) is 21.9. The van der Waals surface area contributed by atoms with Crippen LogP contribution in [0.2, 0.25) is 0 Å². The van der Waals surface area contributed by atoms with Crippen LogP contribution in [0.1, 0.15) is 32.1 Å². The third-order valence-electron chi connectivity index (χ3n) is 2.15. The first-order valence-corrected chi connectivity index (χ1v) is 4.00. The summed E-state index contributed by atoms with van der Waals surface area (Å²) in [5.41, 5.74) is 2.72. The molecule has 3 heteroatoms. The van der Waals surface area contributed by atoms with Crippen molar-refractivity contribution < 1.29 is 5.21 Å². The summed E-state index contributed by atoms with van der Waals surface area (Å²) < 4.78 is 0. The summed E-state index contributed by atoms with van der Waals surface area (Å²) >= 11 is 0. The number of rotatable bonds is 2. The van der Waals surface area contributed by atoms with Crippen LogP contribution in [-0.4, -0.2) is 23.5 Å². The van der Waals surface area contributed by atoms with E-state index in [0.717, 1.165) is 12.8 Å². The van der Waals surface area contributed by atoms with Crippen molar-refractivity contribution in [3.05, 3.63) is 0 Å². The molecule has 0 spiro atoms. The fourth-order valence-corrected chi connectivity index (χ4v) is 1.51. The Morgan fingerprint density at radius 1 is 1.30 bits per heavy atom. The first-order chi connectivity index (χ1) is 4.84. The van der Waals surface area contributed by atoms with E-state index in [1.54, 1.807) is 7.05 Å². The molecule has 0 unspecified atom stereocenters. The molecule has 3 nitrogen and oxygen atoms in total. The van der Waals surface area contributed by atoms with Crippen LogP contribution >= 0.6 is 0 Å². The van der Waals surface area contributed by atoms with Crippen molar-refractivity contribution in [1.29, 1.82) is 0 Å². The Hall–Kier alpha value is -0.120. The SMILES string of the molecule is CNN(O)C1CCCCC1. The van der Waals surface area contributed by atoms with Gasteiger partial charge in [-0.05, 0) is 12.8 Å². The van der Waals surface area contributed by atoms with E-state index in [9.17, 15) is 5.21 Å². The van der Waals surface area contributed by atoms with Gasteiger partial charge in [0.15, 0.2) is 0 Å². The molecule has 1 rings (SSSR count). The van der Waals surface area contributed by atoms with Crippen molar-refractivity contribution in [2.75, 3.05) is 7.05 Å². The highest BCUT2D eigenvalue weighted by atomic mass is 16.5. The summed E-state index contributed by atoms with van der Waals surface area (Å²) in [6, 6.07) is 0.346. The molecule has 0 aliphatic heterocycles. The van der Waals surface area contributed by atoms with Gasteiger partial charge in [-0.2, -0.15) is 0 Å². The average molecular weight is 144 g/mol. The molecule has 0 radical (unpaired) electrons. The smallest absolute Gasteiger partial charge is 0.0510 e. The molecule has 1 aliphatic carbocycles. The minimum atomic E-state index is 0.346. The van der Waals surface area contributed by atoms with Gasteiger partial charge in [-0.15, -0.1) is 5.17 Å². The van der Waals surface area contributed by atoms with Gasteiger partial charge in [0.2, 0.25) is 0 Å². The van der Waals surface area contributed by atoms with Crippen LogP contribution in [0.15, 0.2) is 0 Å². The van der Waals surface area contributed by atoms with Crippen molar-refractivity contribution in [3.63, 3.8) is 0 Å². The van der Waals surface area contributed by atoms with E-state index in [1.807, 2.05) is 0 Å². The molecule has 0 aromatic carbocycles. The summed E-state index contributed by atoms with van der Waals surface area (Å²) in [4.78, 5) is 0. The first-order valence-electron chi connectivity index (χ1n) is 4.00. The van der Waals surface area contributed by atoms with E-state index in [1.165, 1.54) is 24.4 Å². The second-order valence-electron chi connectivity index (χ2n) is 2.86. The van der Waals surface area contributed by atoms with Gasteiger partial charge in [0, 0.05) is 7.05 Å². The van der Waals surface area contributed by atoms with Crippen LogP contribution in [0.5, 0.6) is 0 Å². The lowest BCUT2D eigenvalue weighted by Crippen LogP contribution is -2.41. The number of nitrogens with zero attached hydrogens (tertiary/aromatic N) is 1. The highest BCUT2D eigenvalue weighted by Crippen LogP contribution is 2.19. The van der Waals surface area contributed by atoms with Gasteiger partial charge in [0.25, 0.3) is 0 Å². The summed E-state index contributed by atoms with van der Waals surface area (Å²) in [5.74, 6) is 0. The van der Waals surface area contributed by atoms with Crippen LogP contribution in [0.25, 0.3) is 0 Å². The molecule has 0 atom stereocenters. The number of hydrazine groups is 1. The van der Waals surface area contributed by atoms with E-state index < -0.39 is 0 Å². The van der Waals surface area contributed by atoms with E-state index >= 15 is 0 Å². The lowest BCUT2D eigenvalue weighted by molar-refractivity contribution is -0.171. The molecular formula is C7H16N2O. The number of nitrogens with one attached hydrogen (secondary N) is 1. The van der Waals surface area contributed by atoms with E-state index in [2.05, 4.69) is 5.43 Å². The molecule has 60 valence electrons. The Kier molecular flexibility index (Phi) is 3.12. The predicted molar refractivity (Wildman–Crippen MR) is 39.6 cm³/mol. The van der Waals surface area contributed by atoms with Crippen LogP contribution < -0.4 is 5.43 Å². The molecule has 0 aromatic rings. The largest absolute Gasteiger partial charge is 0.299 e. The topological polar surface area (TPSA) is 35.5 Å². The van der Waals surface area contributed by atoms with Crippen molar-refractivity contribution in [2.45, 2.75) is 38.1 Å². The Labute approximate surface area is 62.0 Å². The van der Waals surface area contributed by atoms with Crippen molar-refractivity contribution in [3.8, 4) is 0 Å². The third-order valence-corrected chi connectivity index (χ3v) is 2.15. The maximum Gasteiger partial charge on any atom is 0.0510 e. The van der Waals surface area contributed by atoms with Gasteiger partial charge in [-0.3, -0.25) is 5.21 Å². The van der Waals surface area contributed by atoms with Gasteiger partial charge in [0.1, 0.15) is 0 Å². The van der Waals surface area contributed by atoms with Gasteiger partial charge < -0.3 is 0 Å². The summed E-state index contributed by atoms with van der Waals surface area (Å²) in [7, 11) is 1.74. The number of hydrogen-bond acceptors (Lipinski definition) is 3. The highest BCUT2D eigenvalue weighted by Gasteiger charge is 2.17. The first kappa shape index (κ1) is 7.98. The average Bonchev–Trinajstić information content (AvgIpc) is 2.05. The Balaban J connectivity index is 2.24. The lowest BCUT2D eigenvalue weighted by Gasteiger charge is -2.27. The molecule has 1 fully saturated rings. The molecule has 0 bridgehead atoms. The van der Waals surface area contributed by atoms with Crippen molar-refractivity contribution >= 4 is 0 Å².